The van der Waals surface area contributed by atoms with Gasteiger partial charge in [0.25, 0.3) is 0 Å². The summed E-state index contributed by atoms with van der Waals surface area (Å²) >= 11 is 6.05. The predicted molar refractivity (Wildman–Crippen MR) is 112 cm³/mol. The number of amides is 1. The molecular weight excluding hydrogens is 378 g/mol. The monoisotopic (exact) mass is 401 g/mol. The average molecular weight is 402 g/mol. The first-order valence-electron chi connectivity index (χ1n) is 9.25. The number of benzene rings is 2. The number of piperazine rings is 1. The van der Waals surface area contributed by atoms with Crippen LogP contribution >= 0.6 is 11.6 Å². The Labute approximate surface area is 170 Å². The van der Waals surface area contributed by atoms with Crippen molar-refractivity contribution in [3.63, 3.8) is 0 Å². The summed E-state index contributed by atoms with van der Waals surface area (Å²) in [5.74, 6) is 0.530. The van der Waals surface area contributed by atoms with Crippen molar-refractivity contribution in [1.29, 1.82) is 0 Å². The fraction of sp³-hybridized carbons (Fsp3) is 0.333. The number of ether oxygens (including phenoxy) is 1. The molecule has 0 bridgehead atoms. The van der Waals surface area contributed by atoms with Crippen molar-refractivity contribution >= 4 is 35.1 Å². The number of halogens is 1. The highest BCUT2D eigenvalue weighted by Crippen LogP contribution is 2.32. The molecule has 1 saturated heterocycles. The Kier molecular flexibility index (Phi) is 6.41. The van der Waals surface area contributed by atoms with E-state index in [1.165, 1.54) is 7.11 Å². The van der Waals surface area contributed by atoms with Crippen LogP contribution in [0.4, 0.5) is 11.4 Å². The Balaban J connectivity index is 1.66. The van der Waals surface area contributed by atoms with E-state index in [1.54, 1.807) is 18.3 Å². The van der Waals surface area contributed by atoms with Crippen molar-refractivity contribution in [1.82, 2.24) is 4.90 Å². The Morgan fingerprint density at radius 2 is 1.89 bits per heavy atom. The number of aliphatic imine (C=N–C) groups is 1. The molecule has 2 aromatic rings. The normalized spacial score (nSPS) is 14.5. The van der Waals surface area contributed by atoms with Crippen LogP contribution in [0.2, 0.25) is 5.02 Å². The number of phenolic OH excluding ortho intramolecular Hbond substituents is 1. The third-order valence-electron chi connectivity index (χ3n) is 4.79. The highest BCUT2D eigenvalue weighted by atomic mass is 35.5. The summed E-state index contributed by atoms with van der Waals surface area (Å²) in [6, 6.07) is 11.1. The average Bonchev–Trinajstić information content (AvgIpc) is 2.74. The molecular formula is C21H24ClN3O3. The lowest BCUT2D eigenvalue weighted by atomic mass is 10.2. The Hall–Kier alpha value is -2.73. The van der Waals surface area contributed by atoms with Crippen molar-refractivity contribution < 1.29 is 14.6 Å². The molecule has 0 radical (unpaired) electrons. The van der Waals surface area contributed by atoms with Crippen molar-refractivity contribution in [3.8, 4) is 11.5 Å². The third kappa shape index (κ3) is 4.57. The second-order valence-electron chi connectivity index (χ2n) is 6.54. The fourth-order valence-corrected chi connectivity index (χ4v) is 3.40. The molecule has 1 heterocycles. The topological polar surface area (TPSA) is 65.4 Å². The first-order valence-corrected chi connectivity index (χ1v) is 9.63. The minimum absolute atomic E-state index is 0.00627. The van der Waals surface area contributed by atoms with E-state index in [2.05, 4.69) is 9.89 Å². The molecule has 1 aliphatic rings. The number of carbonyl (C=O) groups excluding carboxylic acids is 1. The number of nitrogens with zero attached hydrogens (tertiary/aromatic N) is 3. The van der Waals surface area contributed by atoms with Gasteiger partial charge in [-0.25, -0.2) is 0 Å². The molecule has 2 aromatic carbocycles. The predicted octanol–water partition coefficient (Wildman–Crippen LogP) is 3.86. The van der Waals surface area contributed by atoms with Gasteiger partial charge in [-0.3, -0.25) is 9.79 Å². The SMILES string of the molecule is CCC(=O)N1CCN(c2ccc(N=Cc3cc(Cl)cc(OC)c3O)cc2)CC1. The van der Waals surface area contributed by atoms with Crippen LogP contribution < -0.4 is 9.64 Å². The molecule has 1 fully saturated rings. The van der Waals surface area contributed by atoms with Crippen molar-refractivity contribution in [2.75, 3.05) is 38.2 Å². The van der Waals surface area contributed by atoms with Crippen LogP contribution in [0.5, 0.6) is 11.5 Å². The molecule has 0 saturated carbocycles. The highest BCUT2D eigenvalue weighted by Gasteiger charge is 2.19. The number of hydrogen-bond acceptors (Lipinski definition) is 5. The minimum atomic E-state index is 0.00627. The van der Waals surface area contributed by atoms with Gasteiger partial charge in [0, 0.05) is 61.2 Å². The molecule has 1 aliphatic heterocycles. The molecule has 28 heavy (non-hydrogen) atoms. The van der Waals surface area contributed by atoms with Gasteiger partial charge in [-0.05, 0) is 30.3 Å². The molecule has 0 atom stereocenters. The molecule has 1 amide bonds. The molecule has 0 aliphatic carbocycles. The van der Waals surface area contributed by atoms with Gasteiger partial charge in [-0.15, -0.1) is 0 Å². The summed E-state index contributed by atoms with van der Waals surface area (Å²) in [5, 5.41) is 10.6. The summed E-state index contributed by atoms with van der Waals surface area (Å²) in [4.78, 5) is 20.4. The van der Waals surface area contributed by atoms with E-state index >= 15 is 0 Å². The maximum Gasteiger partial charge on any atom is 0.222 e. The summed E-state index contributed by atoms with van der Waals surface area (Å²) in [6.07, 6.45) is 2.12. The fourth-order valence-electron chi connectivity index (χ4n) is 3.18. The number of aromatic hydroxyl groups is 1. The van der Waals surface area contributed by atoms with Gasteiger partial charge in [0.05, 0.1) is 12.8 Å². The number of carbonyl (C=O) groups is 1. The third-order valence-corrected chi connectivity index (χ3v) is 5.01. The molecule has 7 heteroatoms. The second-order valence-corrected chi connectivity index (χ2v) is 6.98. The van der Waals surface area contributed by atoms with E-state index in [4.69, 9.17) is 16.3 Å². The number of phenols is 1. The largest absolute Gasteiger partial charge is 0.504 e. The van der Waals surface area contributed by atoms with Gasteiger partial charge < -0.3 is 19.6 Å². The van der Waals surface area contributed by atoms with Crippen LogP contribution in [0.15, 0.2) is 41.4 Å². The summed E-state index contributed by atoms with van der Waals surface area (Å²) in [5.41, 5.74) is 2.36. The first kappa shape index (κ1) is 20.0. The minimum Gasteiger partial charge on any atom is -0.504 e. The molecule has 0 aromatic heterocycles. The highest BCUT2D eigenvalue weighted by molar-refractivity contribution is 6.31. The van der Waals surface area contributed by atoms with E-state index in [1.807, 2.05) is 36.1 Å². The van der Waals surface area contributed by atoms with Gasteiger partial charge in [0.15, 0.2) is 11.5 Å². The standard InChI is InChI=1S/C21H24ClN3O3/c1-3-20(26)25-10-8-24(9-11-25)18-6-4-17(5-7-18)23-14-15-12-16(22)13-19(28-2)21(15)27/h4-7,12-14,27H,3,8-11H2,1-2H3. The maximum absolute atomic E-state index is 11.8. The summed E-state index contributed by atoms with van der Waals surface area (Å²) in [6.45, 7) is 5.05. The second kappa shape index (κ2) is 8.97. The maximum atomic E-state index is 11.8. The first-order chi connectivity index (χ1) is 13.5. The van der Waals surface area contributed by atoms with Crippen LogP contribution in [0.3, 0.4) is 0 Å². The quantitative estimate of drug-likeness (QED) is 0.772. The van der Waals surface area contributed by atoms with E-state index in [0.717, 1.165) is 37.6 Å². The van der Waals surface area contributed by atoms with Crippen molar-refractivity contribution in [2.24, 2.45) is 4.99 Å². The molecule has 0 unspecified atom stereocenters. The molecule has 0 spiro atoms. The lowest BCUT2D eigenvalue weighted by Gasteiger charge is -2.36. The molecule has 148 valence electrons. The van der Waals surface area contributed by atoms with Crippen LogP contribution in [0.25, 0.3) is 0 Å². The van der Waals surface area contributed by atoms with Gasteiger partial charge in [-0.1, -0.05) is 18.5 Å². The summed E-state index contributed by atoms with van der Waals surface area (Å²) < 4.78 is 5.10. The number of methoxy groups -OCH3 is 1. The van der Waals surface area contributed by atoms with E-state index in [-0.39, 0.29) is 11.7 Å². The van der Waals surface area contributed by atoms with E-state index in [9.17, 15) is 9.90 Å². The van der Waals surface area contributed by atoms with Crippen molar-refractivity contribution in [2.45, 2.75) is 13.3 Å². The zero-order valence-electron chi connectivity index (χ0n) is 16.1. The Bertz CT molecular complexity index is 860. The van der Waals surface area contributed by atoms with E-state index < -0.39 is 0 Å². The van der Waals surface area contributed by atoms with Crippen molar-refractivity contribution in [3.05, 3.63) is 47.0 Å². The molecule has 3 rings (SSSR count). The lowest BCUT2D eigenvalue weighted by molar-refractivity contribution is -0.131. The van der Waals surface area contributed by atoms with Gasteiger partial charge >= 0.3 is 0 Å². The van der Waals surface area contributed by atoms with E-state index in [0.29, 0.717) is 22.8 Å². The van der Waals surface area contributed by atoms with Crippen LogP contribution in [0.1, 0.15) is 18.9 Å². The number of hydrogen-bond donors (Lipinski definition) is 1. The van der Waals surface area contributed by atoms with Gasteiger partial charge in [0.1, 0.15) is 0 Å². The smallest absolute Gasteiger partial charge is 0.222 e. The lowest BCUT2D eigenvalue weighted by Crippen LogP contribution is -2.48. The number of anilines is 1. The Morgan fingerprint density at radius 1 is 1.21 bits per heavy atom. The van der Waals surface area contributed by atoms with Crippen LogP contribution in [-0.4, -0.2) is 55.4 Å². The van der Waals surface area contributed by atoms with Crippen LogP contribution in [0, 0.1) is 0 Å². The Morgan fingerprint density at radius 3 is 2.50 bits per heavy atom. The van der Waals surface area contributed by atoms with Gasteiger partial charge in [0.2, 0.25) is 5.91 Å². The van der Waals surface area contributed by atoms with Gasteiger partial charge in [-0.2, -0.15) is 0 Å². The zero-order chi connectivity index (χ0) is 20.1. The summed E-state index contributed by atoms with van der Waals surface area (Å²) in [7, 11) is 1.48. The zero-order valence-corrected chi connectivity index (χ0v) is 16.8. The molecule has 6 nitrogen and oxygen atoms in total. The number of rotatable bonds is 5. The van der Waals surface area contributed by atoms with Crippen LogP contribution in [-0.2, 0) is 4.79 Å². The molecule has 1 N–H and O–H groups in total.